The van der Waals surface area contributed by atoms with Crippen molar-refractivity contribution in [2.24, 2.45) is 0 Å². The van der Waals surface area contributed by atoms with Crippen LogP contribution < -0.4 is 0 Å². The number of fused-ring (bicyclic) bond motifs is 1. The normalized spacial score (nSPS) is 12.2. The average molecular weight is 601 g/mol. The number of ether oxygens (including phenoxy) is 1. The van der Waals surface area contributed by atoms with E-state index in [0.717, 1.165) is 70.1 Å². The van der Waals surface area contributed by atoms with Crippen LogP contribution >= 0.6 is 0 Å². The molecule has 0 fully saturated rings. The molecule has 0 aliphatic carbocycles. The Bertz CT molecular complexity index is 1890. The van der Waals surface area contributed by atoms with Crippen molar-refractivity contribution in [1.29, 1.82) is 0 Å². The zero-order valence-electron chi connectivity index (χ0n) is 26.4. The molecule has 1 atom stereocenters. The van der Waals surface area contributed by atoms with Crippen molar-refractivity contribution in [2.45, 2.75) is 66.2 Å². The van der Waals surface area contributed by atoms with Crippen LogP contribution in [-0.2, 0) is 24.2 Å². The second-order valence-corrected chi connectivity index (χ2v) is 11.4. The summed E-state index contributed by atoms with van der Waals surface area (Å²) >= 11 is 0. The van der Waals surface area contributed by atoms with Gasteiger partial charge in [0.15, 0.2) is 12.1 Å². The summed E-state index contributed by atoms with van der Waals surface area (Å²) in [6.45, 7) is 8.72. The second-order valence-electron chi connectivity index (χ2n) is 11.4. The first-order valence-electron chi connectivity index (χ1n) is 15.8. The van der Waals surface area contributed by atoms with Gasteiger partial charge in [0.25, 0.3) is 0 Å². The molecule has 0 amide bonds. The Morgan fingerprint density at radius 1 is 0.911 bits per heavy atom. The van der Waals surface area contributed by atoms with Crippen molar-refractivity contribution in [3.8, 4) is 33.6 Å². The summed E-state index contributed by atoms with van der Waals surface area (Å²) in [5.74, 6) is 0.672. The monoisotopic (exact) mass is 600 g/mol. The van der Waals surface area contributed by atoms with Crippen molar-refractivity contribution in [1.82, 2.24) is 30.2 Å². The lowest BCUT2D eigenvalue weighted by Gasteiger charge is -2.15. The zero-order valence-corrected chi connectivity index (χ0v) is 26.4. The van der Waals surface area contributed by atoms with E-state index in [1.165, 1.54) is 16.8 Å². The third-order valence-electron chi connectivity index (χ3n) is 8.50. The molecular formula is C37H40N6O2. The SMILES string of the molecule is CCCCc1[nH]c2c(C)c(-c3ccccc3)c(CO)nc2c1Cc1ccc(-c2ccccc2-c2nnnn2C(C)OCC)cc1. The Morgan fingerprint density at radius 3 is 2.36 bits per heavy atom. The molecule has 2 N–H and O–H groups in total. The third-order valence-corrected chi connectivity index (χ3v) is 8.50. The predicted molar refractivity (Wildman–Crippen MR) is 179 cm³/mol. The van der Waals surface area contributed by atoms with Crippen molar-refractivity contribution in [2.75, 3.05) is 6.61 Å². The fraction of sp³-hybridized carbons (Fsp3) is 0.297. The van der Waals surface area contributed by atoms with Gasteiger partial charge in [-0.25, -0.2) is 4.98 Å². The van der Waals surface area contributed by atoms with Gasteiger partial charge >= 0.3 is 0 Å². The number of nitrogens with zero attached hydrogens (tertiary/aromatic N) is 5. The highest BCUT2D eigenvalue weighted by Gasteiger charge is 2.21. The van der Waals surface area contributed by atoms with Gasteiger partial charge in [-0.05, 0) is 71.9 Å². The fourth-order valence-electron chi connectivity index (χ4n) is 6.23. The minimum Gasteiger partial charge on any atom is -0.390 e. The third kappa shape index (κ3) is 6.03. The Hall–Kier alpha value is -4.66. The molecule has 0 aliphatic heterocycles. The number of tetrazole rings is 1. The van der Waals surface area contributed by atoms with Crippen LogP contribution in [0.15, 0.2) is 78.9 Å². The first-order chi connectivity index (χ1) is 22.0. The molecule has 0 bridgehead atoms. The summed E-state index contributed by atoms with van der Waals surface area (Å²) < 4.78 is 7.50. The molecule has 3 heterocycles. The van der Waals surface area contributed by atoms with Gasteiger partial charge in [0.05, 0.1) is 23.3 Å². The van der Waals surface area contributed by atoms with Crippen LogP contribution in [0.5, 0.6) is 0 Å². The smallest absolute Gasteiger partial charge is 0.185 e. The van der Waals surface area contributed by atoms with E-state index in [1.807, 2.05) is 50.2 Å². The number of aliphatic hydroxyl groups excluding tert-OH is 1. The van der Waals surface area contributed by atoms with Crippen LogP contribution in [0.4, 0.5) is 0 Å². The first-order valence-corrected chi connectivity index (χ1v) is 15.8. The number of aliphatic hydroxyl groups is 1. The van der Waals surface area contributed by atoms with E-state index in [0.29, 0.717) is 18.1 Å². The highest BCUT2D eigenvalue weighted by molar-refractivity contribution is 5.90. The Labute approximate surface area is 264 Å². The molecule has 3 aromatic heterocycles. The Morgan fingerprint density at radius 2 is 1.64 bits per heavy atom. The van der Waals surface area contributed by atoms with Gasteiger partial charge in [-0.1, -0.05) is 92.2 Å². The van der Waals surface area contributed by atoms with Gasteiger partial charge in [0, 0.05) is 35.4 Å². The van der Waals surface area contributed by atoms with E-state index in [2.05, 4.69) is 76.8 Å². The largest absolute Gasteiger partial charge is 0.390 e. The van der Waals surface area contributed by atoms with Gasteiger partial charge in [-0.3, -0.25) is 0 Å². The number of pyridine rings is 1. The maximum absolute atomic E-state index is 10.4. The quantitative estimate of drug-likeness (QED) is 0.148. The molecule has 0 spiro atoms. The molecule has 0 radical (unpaired) electrons. The maximum Gasteiger partial charge on any atom is 0.185 e. The molecule has 0 saturated heterocycles. The molecule has 6 rings (SSSR count). The number of aromatic amines is 1. The zero-order chi connectivity index (χ0) is 31.3. The highest BCUT2D eigenvalue weighted by atomic mass is 16.5. The summed E-state index contributed by atoms with van der Waals surface area (Å²) in [6.07, 6.45) is 3.62. The average Bonchev–Trinajstić information content (AvgIpc) is 3.70. The Balaban J connectivity index is 1.37. The summed E-state index contributed by atoms with van der Waals surface area (Å²) in [4.78, 5) is 8.84. The lowest BCUT2D eigenvalue weighted by atomic mass is 9.95. The molecule has 230 valence electrons. The van der Waals surface area contributed by atoms with Crippen LogP contribution in [0.2, 0.25) is 0 Å². The van der Waals surface area contributed by atoms with E-state index in [1.54, 1.807) is 4.68 Å². The lowest BCUT2D eigenvalue weighted by Crippen LogP contribution is -2.12. The minimum atomic E-state index is -0.277. The molecule has 8 heteroatoms. The fourth-order valence-corrected chi connectivity index (χ4v) is 6.23. The standard InChI is InChI=1S/C37H40N6O2/c1-5-7-17-32-31(36-35(38-32)24(3)34(33(23-44)39-36)28-13-9-8-10-14-28)22-26-18-20-27(21-19-26)29-15-11-12-16-30(29)37-40-41-42-43(37)25(4)45-6-2/h8-16,18-21,25,38,44H,5-7,17,22-23H2,1-4H3. The van der Waals surface area contributed by atoms with Crippen molar-refractivity contribution in [3.63, 3.8) is 0 Å². The first kappa shape index (κ1) is 30.4. The van der Waals surface area contributed by atoms with E-state index in [9.17, 15) is 5.11 Å². The molecule has 45 heavy (non-hydrogen) atoms. The van der Waals surface area contributed by atoms with Gasteiger partial charge in [-0.2, -0.15) is 4.68 Å². The number of unbranched alkanes of at least 4 members (excludes halogenated alkanes) is 1. The van der Waals surface area contributed by atoms with Gasteiger partial charge in [0.1, 0.15) is 0 Å². The molecule has 6 aromatic rings. The topological polar surface area (TPSA) is 102 Å². The number of hydrogen-bond acceptors (Lipinski definition) is 6. The van der Waals surface area contributed by atoms with Gasteiger partial charge < -0.3 is 14.8 Å². The number of hydrogen-bond donors (Lipinski definition) is 2. The van der Waals surface area contributed by atoms with Crippen molar-refractivity contribution < 1.29 is 9.84 Å². The van der Waals surface area contributed by atoms with E-state index < -0.39 is 0 Å². The highest BCUT2D eigenvalue weighted by Crippen LogP contribution is 2.36. The van der Waals surface area contributed by atoms with E-state index in [-0.39, 0.29) is 12.8 Å². The van der Waals surface area contributed by atoms with Crippen molar-refractivity contribution >= 4 is 11.0 Å². The van der Waals surface area contributed by atoms with Crippen LogP contribution in [0, 0.1) is 6.92 Å². The molecule has 1 unspecified atom stereocenters. The molecule has 8 nitrogen and oxygen atoms in total. The Kier molecular flexibility index (Phi) is 9.14. The molecule has 0 aliphatic rings. The summed E-state index contributed by atoms with van der Waals surface area (Å²) in [5, 5.41) is 22.9. The summed E-state index contributed by atoms with van der Waals surface area (Å²) in [6, 6.07) is 27.1. The molecular weight excluding hydrogens is 560 g/mol. The number of benzene rings is 3. The molecule has 0 saturated carbocycles. The van der Waals surface area contributed by atoms with Crippen LogP contribution in [0.25, 0.3) is 44.7 Å². The van der Waals surface area contributed by atoms with Crippen LogP contribution in [0.1, 0.15) is 67.9 Å². The summed E-state index contributed by atoms with van der Waals surface area (Å²) in [7, 11) is 0. The van der Waals surface area contributed by atoms with Gasteiger partial charge in [0.2, 0.25) is 0 Å². The van der Waals surface area contributed by atoms with Crippen molar-refractivity contribution in [3.05, 3.63) is 107 Å². The number of nitrogens with one attached hydrogen (secondary N) is 1. The number of aromatic nitrogens is 6. The van der Waals surface area contributed by atoms with Crippen LogP contribution in [-0.4, -0.2) is 41.9 Å². The number of rotatable bonds is 12. The second kappa shape index (κ2) is 13.5. The van der Waals surface area contributed by atoms with Gasteiger partial charge in [-0.15, -0.1) is 5.10 Å². The van der Waals surface area contributed by atoms with E-state index in [4.69, 9.17) is 9.72 Å². The number of H-pyrrole nitrogens is 1. The van der Waals surface area contributed by atoms with E-state index >= 15 is 0 Å². The van der Waals surface area contributed by atoms with Crippen LogP contribution in [0.3, 0.4) is 0 Å². The molecule has 3 aromatic carbocycles. The summed E-state index contributed by atoms with van der Waals surface area (Å²) in [5.41, 5.74) is 12.6. The maximum atomic E-state index is 10.4. The minimum absolute atomic E-state index is 0.114. The predicted octanol–water partition coefficient (Wildman–Crippen LogP) is 7.84. The lowest BCUT2D eigenvalue weighted by molar-refractivity contribution is 0.0159. The number of aryl methyl sites for hydroxylation is 2.